The lowest BCUT2D eigenvalue weighted by Crippen LogP contribution is -1.90. The van der Waals surface area contributed by atoms with E-state index >= 15 is 0 Å². The second-order valence-corrected chi connectivity index (χ2v) is 10.4. The lowest BCUT2D eigenvalue weighted by Gasteiger charge is -2.11. The molecule has 22 heavy (non-hydrogen) atoms. The summed E-state index contributed by atoms with van der Waals surface area (Å²) in [5.74, 6) is 1.70. The van der Waals surface area contributed by atoms with Crippen LogP contribution in [0.5, 0.6) is 11.5 Å². The zero-order chi connectivity index (χ0) is 15.7. The van der Waals surface area contributed by atoms with Gasteiger partial charge in [0.05, 0.1) is 24.9 Å². The Morgan fingerprint density at radius 3 is 2.27 bits per heavy atom. The molecule has 0 unspecified atom stereocenters. The minimum absolute atomic E-state index is 0.837. The molecule has 0 bridgehead atoms. The first kappa shape index (κ1) is 16.5. The monoisotopic (exact) mass is 554 g/mol. The topological polar surface area (TPSA) is 18.5 Å². The maximum atomic E-state index is 5.55. The number of hydrogen-bond acceptors (Lipinski definition) is 4. The van der Waals surface area contributed by atoms with Crippen molar-refractivity contribution in [1.29, 1.82) is 0 Å². The quantitative estimate of drug-likeness (QED) is 0.349. The van der Waals surface area contributed by atoms with Crippen molar-refractivity contribution in [3.8, 4) is 32.4 Å². The standard InChI is InChI=1S/C16H12I2O2S2/c1-19-9-3-4-12(20-2)10(7-9)11-8-15(18)22-16(11)13-5-6-14(17)21-13/h3-8H,1-2H3. The predicted molar refractivity (Wildman–Crippen MR) is 112 cm³/mol. The highest BCUT2D eigenvalue weighted by Gasteiger charge is 2.17. The summed E-state index contributed by atoms with van der Waals surface area (Å²) in [6, 6.07) is 12.5. The Kier molecular flexibility index (Phi) is 5.31. The molecule has 0 N–H and O–H groups in total. The molecule has 6 heteroatoms. The normalized spacial score (nSPS) is 10.7. The zero-order valence-corrected chi connectivity index (χ0v) is 17.8. The predicted octanol–water partition coefficient (Wildman–Crippen LogP) is 6.37. The molecule has 0 spiro atoms. The molecule has 0 radical (unpaired) electrons. The summed E-state index contributed by atoms with van der Waals surface area (Å²) in [6.07, 6.45) is 0. The zero-order valence-electron chi connectivity index (χ0n) is 11.9. The van der Waals surface area contributed by atoms with Crippen molar-refractivity contribution in [2.75, 3.05) is 14.2 Å². The summed E-state index contributed by atoms with van der Waals surface area (Å²) in [5, 5.41) is 0. The molecule has 1 aromatic carbocycles. The van der Waals surface area contributed by atoms with Crippen molar-refractivity contribution < 1.29 is 9.47 Å². The Labute approximate surface area is 164 Å². The fourth-order valence-electron chi connectivity index (χ4n) is 2.20. The molecule has 0 saturated carbocycles. The number of rotatable bonds is 4. The largest absolute Gasteiger partial charge is 0.497 e. The van der Waals surface area contributed by atoms with E-state index in [-0.39, 0.29) is 0 Å². The van der Waals surface area contributed by atoms with E-state index in [4.69, 9.17) is 9.47 Å². The molecule has 0 aliphatic heterocycles. The molecule has 114 valence electrons. The van der Waals surface area contributed by atoms with Crippen molar-refractivity contribution in [2.24, 2.45) is 0 Å². The van der Waals surface area contributed by atoms with E-state index in [1.54, 1.807) is 25.6 Å². The smallest absolute Gasteiger partial charge is 0.127 e. The van der Waals surface area contributed by atoms with Gasteiger partial charge in [-0.1, -0.05) is 0 Å². The van der Waals surface area contributed by atoms with Gasteiger partial charge in [0.2, 0.25) is 0 Å². The van der Waals surface area contributed by atoms with Crippen LogP contribution < -0.4 is 9.47 Å². The fourth-order valence-corrected chi connectivity index (χ4v) is 5.82. The Bertz CT molecular complexity index is 808. The first-order chi connectivity index (χ1) is 10.6. The molecule has 0 aliphatic rings. The van der Waals surface area contributed by atoms with Crippen molar-refractivity contribution in [3.05, 3.63) is 42.2 Å². The van der Waals surface area contributed by atoms with E-state index in [2.05, 4.69) is 63.4 Å². The molecule has 0 fully saturated rings. The third kappa shape index (κ3) is 3.29. The third-order valence-electron chi connectivity index (χ3n) is 3.20. The fraction of sp³-hybridized carbons (Fsp3) is 0.125. The number of halogens is 2. The van der Waals surface area contributed by atoms with E-state index in [0.717, 1.165) is 17.1 Å². The average molecular weight is 554 g/mol. The summed E-state index contributed by atoms with van der Waals surface area (Å²) >= 11 is 8.35. The van der Waals surface area contributed by atoms with Crippen molar-refractivity contribution in [3.63, 3.8) is 0 Å². The maximum absolute atomic E-state index is 5.55. The van der Waals surface area contributed by atoms with Gasteiger partial charge < -0.3 is 9.47 Å². The molecule has 3 rings (SSSR count). The van der Waals surface area contributed by atoms with E-state index in [1.165, 1.54) is 21.1 Å². The lowest BCUT2D eigenvalue weighted by atomic mass is 10.0. The SMILES string of the molecule is COc1ccc(OC)c(-c2cc(I)sc2-c2ccc(I)s2)c1. The molecule has 2 aromatic heterocycles. The second-order valence-electron chi connectivity index (χ2n) is 4.46. The van der Waals surface area contributed by atoms with E-state index in [0.29, 0.717) is 0 Å². The van der Waals surface area contributed by atoms with Gasteiger partial charge in [-0.3, -0.25) is 0 Å². The number of thiophene rings is 2. The molecular weight excluding hydrogens is 542 g/mol. The minimum atomic E-state index is 0.837. The van der Waals surface area contributed by atoms with Crippen LogP contribution in [0.1, 0.15) is 0 Å². The number of ether oxygens (including phenoxy) is 2. The van der Waals surface area contributed by atoms with Crippen LogP contribution >= 0.6 is 67.9 Å². The highest BCUT2D eigenvalue weighted by Crippen LogP contribution is 2.46. The first-order valence-corrected chi connectivity index (χ1v) is 10.2. The van der Waals surface area contributed by atoms with Gasteiger partial charge in [0, 0.05) is 16.0 Å². The molecule has 0 amide bonds. The van der Waals surface area contributed by atoms with Crippen LogP contribution in [0.3, 0.4) is 0 Å². The second kappa shape index (κ2) is 7.06. The number of benzene rings is 1. The van der Waals surface area contributed by atoms with E-state index in [9.17, 15) is 0 Å². The van der Waals surface area contributed by atoms with Gasteiger partial charge in [0.15, 0.2) is 0 Å². The summed E-state index contributed by atoms with van der Waals surface area (Å²) in [4.78, 5) is 2.57. The average Bonchev–Trinajstić information content (AvgIpc) is 3.12. The highest BCUT2D eigenvalue weighted by molar-refractivity contribution is 14.1. The van der Waals surface area contributed by atoms with Crippen LogP contribution in [0.25, 0.3) is 20.9 Å². The molecule has 0 atom stereocenters. The minimum Gasteiger partial charge on any atom is -0.497 e. The molecule has 0 aliphatic carbocycles. The van der Waals surface area contributed by atoms with Crippen molar-refractivity contribution in [2.45, 2.75) is 0 Å². The van der Waals surface area contributed by atoms with Crippen LogP contribution in [-0.2, 0) is 0 Å². The molecule has 3 aromatic rings. The molecular formula is C16H12I2O2S2. The van der Waals surface area contributed by atoms with Gasteiger partial charge in [0.25, 0.3) is 0 Å². The summed E-state index contributed by atoms with van der Waals surface area (Å²) in [7, 11) is 3.39. The van der Waals surface area contributed by atoms with E-state index < -0.39 is 0 Å². The van der Waals surface area contributed by atoms with Crippen LogP contribution in [0.2, 0.25) is 0 Å². The van der Waals surface area contributed by atoms with Crippen molar-refractivity contribution >= 4 is 67.9 Å². The maximum Gasteiger partial charge on any atom is 0.127 e. The molecule has 0 saturated heterocycles. The van der Waals surface area contributed by atoms with Gasteiger partial charge in [0.1, 0.15) is 11.5 Å². The van der Waals surface area contributed by atoms with Gasteiger partial charge in [-0.05, 0) is 81.6 Å². The summed E-state index contributed by atoms with van der Waals surface area (Å²) < 4.78 is 13.5. The first-order valence-electron chi connectivity index (χ1n) is 6.40. The molecule has 2 heterocycles. The van der Waals surface area contributed by atoms with Gasteiger partial charge >= 0.3 is 0 Å². The lowest BCUT2D eigenvalue weighted by molar-refractivity contribution is 0.404. The number of methoxy groups -OCH3 is 2. The van der Waals surface area contributed by atoms with Crippen LogP contribution in [0, 0.1) is 5.77 Å². The third-order valence-corrected chi connectivity index (χ3v) is 7.17. The van der Waals surface area contributed by atoms with Crippen LogP contribution in [-0.4, -0.2) is 14.2 Å². The highest BCUT2D eigenvalue weighted by atomic mass is 127. The van der Waals surface area contributed by atoms with Crippen LogP contribution in [0.15, 0.2) is 36.4 Å². The van der Waals surface area contributed by atoms with Gasteiger partial charge in [-0.2, -0.15) is 0 Å². The Hall–Kier alpha value is -0.320. The Morgan fingerprint density at radius 2 is 1.64 bits per heavy atom. The van der Waals surface area contributed by atoms with Crippen LogP contribution in [0.4, 0.5) is 0 Å². The number of hydrogen-bond donors (Lipinski definition) is 0. The van der Waals surface area contributed by atoms with Crippen molar-refractivity contribution in [1.82, 2.24) is 0 Å². The summed E-state index contributed by atoms with van der Waals surface area (Å²) in [6.45, 7) is 0. The summed E-state index contributed by atoms with van der Waals surface area (Å²) in [5.41, 5.74) is 2.27. The Balaban J connectivity index is 2.20. The van der Waals surface area contributed by atoms with E-state index in [1.807, 2.05) is 29.5 Å². The van der Waals surface area contributed by atoms with Gasteiger partial charge in [-0.25, -0.2) is 0 Å². The molecule has 2 nitrogen and oxygen atoms in total. The Morgan fingerprint density at radius 1 is 0.818 bits per heavy atom. The van der Waals surface area contributed by atoms with Gasteiger partial charge in [-0.15, -0.1) is 22.7 Å².